The van der Waals surface area contributed by atoms with Crippen LogP contribution in [0.4, 0.5) is 11.4 Å². The van der Waals surface area contributed by atoms with Gasteiger partial charge in [-0.3, -0.25) is 0 Å². The molecule has 5 aromatic carbocycles. The Balaban J connectivity index is 1.80. The zero-order valence-corrected chi connectivity index (χ0v) is 15.2. The number of fused-ring (bicyclic) bond motifs is 6. The van der Waals surface area contributed by atoms with Crippen molar-refractivity contribution in [1.29, 1.82) is 0 Å². The van der Waals surface area contributed by atoms with Crippen molar-refractivity contribution in [3.63, 3.8) is 0 Å². The van der Waals surface area contributed by atoms with Gasteiger partial charge in [-0.25, -0.2) is 0 Å². The van der Waals surface area contributed by atoms with Gasteiger partial charge in [-0.05, 0) is 55.9 Å². The first-order valence-electron chi connectivity index (χ1n) is 9.80. The van der Waals surface area contributed by atoms with Crippen LogP contribution in [0.25, 0.3) is 21.5 Å². The Morgan fingerprint density at radius 2 is 0.893 bits per heavy atom. The van der Waals surface area contributed by atoms with Gasteiger partial charge < -0.3 is 5.32 Å². The molecule has 0 saturated carbocycles. The molecule has 1 nitrogen and oxygen atoms in total. The third-order valence-corrected chi connectivity index (χ3v) is 6.63. The molecule has 7 rings (SSSR count). The summed E-state index contributed by atoms with van der Waals surface area (Å²) in [6.07, 6.45) is 0. The maximum absolute atomic E-state index is 3.68. The number of nitrogens with one attached hydrogen (secondary N) is 1. The molecule has 130 valence electrons. The van der Waals surface area contributed by atoms with Crippen molar-refractivity contribution in [3.05, 3.63) is 119 Å². The van der Waals surface area contributed by atoms with Crippen LogP contribution < -0.4 is 5.32 Å². The van der Waals surface area contributed by atoms with E-state index in [9.17, 15) is 0 Å². The van der Waals surface area contributed by atoms with Crippen molar-refractivity contribution in [2.24, 2.45) is 0 Å². The van der Waals surface area contributed by atoms with Crippen molar-refractivity contribution in [2.75, 3.05) is 5.32 Å². The van der Waals surface area contributed by atoms with Crippen LogP contribution in [0, 0.1) is 0 Å². The topological polar surface area (TPSA) is 12.0 Å². The van der Waals surface area contributed by atoms with Gasteiger partial charge in [0.15, 0.2) is 0 Å². The molecule has 1 heterocycles. The summed E-state index contributed by atoms with van der Waals surface area (Å²) in [4.78, 5) is 0. The van der Waals surface area contributed by atoms with Gasteiger partial charge in [0.05, 0.1) is 5.41 Å². The molecule has 1 aliphatic carbocycles. The van der Waals surface area contributed by atoms with Gasteiger partial charge in [0.25, 0.3) is 0 Å². The molecule has 5 aromatic rings. The van der Waals surface area contributed by atoms with Gasteiger partial charge in [0, 0.05) is 11.4 Å². The van der Waals surface area contributed by atoms with Crippen LogP contribution in [0.15, 0.2) is 97.1 Å². The van der Waals surface area contributed by atoms with Crippen molar-refractivity contribution >= 4 is 32.9 Å². The molecule has 0 saturated heterocycles. The largest absolute Gasteiger partial charge is 0.355 e. The van der Waals surface area contributed by atoms with E-state index in [2.05, 4.69) is 102 Å². The average molecular weight is 355 g/mol. The number of rotatable bonds is 0. The quantitative estimate of drug-likeness (QED) is 0.297. The summed E-state index contributed by atoms with van der Waals surface area (Å²) in [7, 11) is 0. The van der Waals surface area contributed by atoms with Gasteiger partial charge in [0.2, 0.25) is 0 Å². The van der Waals surface area contributed by atoms with E-state index in [1.807, 2.05) is 0 Å². The Hall–Kier alpha value is -3.58. The number of hydrogen-bond acceptors (Lipinski definition) is 1. The van der Waals surface area contributed by atoms with Crippen LogP contribution in [0.3, 0.4) is 0 Å². The minimum absolute atomic E-state index is 0.277. The highest BCUT2D eigenvalue weighted by Gasteiger charge is 2.48. The molecular formula is C27H17N. The minimum Gasteiger partial charge on any atom is -0.355 e. The smallest absolute Gasteiger partial charge is 0.0754 e. The summed E-state index contributed by atoms with van der Waals surface area (Å²) in [5, 5.41) is 9.14. The molecule has 1 spiro atoms. The molecule has 0 amide bonds. The van der Waals surface area contributed by atoms with E-state index in [0.717, 1.165) is 0 Å². The number of para-hydroxylation sites is 2. The van der Waals surface area contributed by atoms with Crippen LogP contribution in [-0.2, 0) is 5.41 Å². The highest BCUT2D eigenvalue weighted by Crippen LogP contribution is 2.60. The lowest BCUT2D eigenvalue weighted by molar-refractivity contribution is 0.766. The van der Waals surface area contributed by atoms with Gasteiger partial charge in [-0.1, -0.05) is 84.9 Å². The van der Waals surface area contributed by atoms with E-state index >= 15 is 0 Å². The number of anilines is 2. The molecule has 0 fully saturated rings. The predicted molar refractivity (Wildman–Crippen MR) is 117 cm³/mol. The SMILES string of the molecule is c1ccc2c(c1)Nc1ccccc1C21c2cccc3ccc4cccc1c4c23. The van der Waals surface area contributed by atoms with Gasteiger partial charge in [-0.15, -0.1) is 0 Å². The van der Waals surface area contributed by atoms with E-state index in [0.29, 0.717) is 0 Å². The van der Waals surface area contributed by atoms with Crippen LogP contribution in [0.1, 0.15) is 22.3 Å². The summed E-state index contributed by atoms with van der Waals surface area (Å²) in [6, 6.07) is 35.7. The number of hydrogen-bond donors (Lipinski definition) is 1. The molecule has 0 aromatic heterocycles. The Morgan fingerprint density at radius 3 is 1.43 bits per heavy atom. The second-order valence-corrected chi connectivity index (χ2v) is 7.84. The Kier molecular flexibility index (Phi) is 2.49. The molecule has 0 unspecified atom stereocenters. The van der Waals surface area contributed by atoms with Crippen LogP contribution in [0.2, 0.25) is 0 Å². The predicted octanol–water partition coefficient (Wildman–Crippen LogP) is 6.75. The summed E-state index contributed by atoms with van der Waals surface area (Å²) < 4.78 is 0. The summed E-state index contributed by atoms with van der Waals surface area (Å²) in [5.41, 5.74) is 7.60. The van der Waals surface area contributed by atoms with E-state index in [1.165, 1.54) is 55.2 Å². The Labute approximate surface area is 163 Å². The van der Waals surface area contributed by atoms with Gasteiger partial charge in [-0.2, -0.15) is 0 Å². The maximum atomic E-state index is 3.68. The Morgan fingerprint density at radius 1 is 0.429 bits per heavy atom. The third kappa shape index (κ3) is 1.48. The van der Waals surface area contributed by atoms with Gasteiger partial charge in [0.1, 0.15) is 0 Å². The minimum atomic E-state index is -0.277. The molecule has 1 heteroatoms. The average Bonchev–Trinajstić information content (AvgIpc) is 3.06. The lowest BCUT2D eigenvalue weighted by Gasteiger charge is -2.40. The van der Waals surface area contributed by atoms with Crippen molar-refractivity contribution in [2.45, 2.75) is 5.41 Å². The molecule has 1 N–H and O–H groups in total. The first kappa shape index (κ1) is 14.5. The van der Waals surface area contributed by atoms with E-state index in [-0.39, 0.29) is 5.41 Å². The highest BCUT2D eigenvalue weighted by atomic mass is 14.9. The maximum Gasteiger partial charge on any atom is 0.0754 e. The zero-order valence-electron chi connectivity index (χ0n) is 15.2. The second kappa shape index (κ2) is 4.82. The summed E-state index contributed by atoms with van der Waals surface area (Å²) in [6.45, 7) is 0. The second-order valence-electron chi connectivity index (χ2n) is 7.84. The molecule has 28 heavy (non-hydrogen) atoms. The standard InChI is InChI=1S/C27H17N/c1-3-13-23-19(9-1)27(20-10-2-4-14-24(20)28-23)21-11-5-7-17-15-16-18-8-6-12-22(27)26(18)25(17)21/h1-16,28H. The lowest BCUT2D eigenvalue weighted by Crippen LogP contribution is -2.33. The fourth-order valence-electron chi connectivity index (χ4n) is 5.63. The zero-order chi connectivity index (χ0) is 18.3. The van der Waals surface area contributed by atoms with Crippen LogP contribution in [0.5, 0.6) is 0 Å². The number of benzene rings is 5. The summed E-state index contributed by atoms with van der Waals surface area (Å²) in [5.74, 6) is 0. The summed E-state index contributed by atoms with van der Waals surface area (Å²) >= 11 is 0. The van der Waals surface area contributed by atoms with E-state index in [1.54, 1.807) is 0 Å². The lowest BCUT2D eigenvalue weighted by atomic mass is 9.65. The van der Waals surface area contributed by atoms with Crippen molar-refractivity contribution in [3.8, 4) is 0 Å². The fraction of sp³-hybridized carbons (Fsp3) is 0.0370. The van der Waals surface area contributed by atoms with Crippen LogP contribution >= 0.6 is 0 Å². The first-order chi connectivity index (χ1) is 13.9. The molecule has 0 bridgehead atoms. The van der Waals surface area contributed by atoms with E-state index < -0.39 is 0 Å². The van der Waals surface area contributed by atoms with E-state index in [4.69, 9.17) is 0 Å². The van der Waals surface area contributed by atoms with Crippen LogP contribution in [-0.4, -0.2) is 0 Å². The molecular weight excluding hydrogens is 338 g/mol. The molecule has 0 atom stereocenters. The first-order valence-corrected chi connectivity index (χ1v) is 9.80. The normalized spacial score (nSPS) is 15.0. The Bertz CT molecular complexity index is 1330. The van der Waals surface area contributed by atoms with Crippen molar-refractivity contribution < 1.29 is 0 Å². The highest BCUT2D eigenvalue weighted by molar-refractivity contribution is 6.16. The molecule has 2 aliphatic rings. The van der Waals surface area contributed by atoms with Gasteiger partial charge >= 0.3 is 0 Å². The molecule has 1 aliphatic heterocycles. The molecule has 0 radical (unpaired) electrons. The monoisotopic (exact) mass is 355 g/mol. The fourth-order valence-corrected chi connectivity index (χ4v) is 5.63. The van der Waals surface area contributed by atoms with Crippen molar-refractivity contribution in [1.82, 2.24) is 0 Å². The third-order valence-electron chi connectivity index (χ3n) is 6.63.